The molecule has 2 heteroatoms. The lowest BCUT2D eigenvalue weighted by molar-refractivity contribution is 0.564. The van der Waals surface area contributed by atoms with Crippen LogP contribution in [0.15, 0.2) is 5.38 Å². The molecule has 20 heavy (non-hydrogen) atoms. The van der Waals surface area contributed by atoms with Gasteiger partial charge >= 0.3 is 0 Å². The highest BCUT2D eigenvalue weighted by Crippen LogP contribution is 2.17. The SMILES string of the molecule is CCCCCCCCCCCc1nc(CC(C)C)cs1. The van der Waals surface area contributed by atoms with Crippen molar-refractivity contribution in [2.75, 3.05) is 0 Å². The Kier molecular flexibility index (Phi) is 10.00. The van der Waals surface area contributed by atoms with Crippen LogP contribution in [0.25, 0.3) is 0 Å². The highest BCUT2D eigenvalue weighted by molar-refractivity contribution is 7.09. The molecule has 1 aromatic heterocycles. The van der Waals surface area contributed by atoms with Crippen molar-refractivity contribution >= 4 is 11.3 Å². The number of aryl methyl sites for hydroxylation is 1. The molecule has 0 atom stereocenters. The molecule has 0 amide bonds. The average Bonchev–Trinajstić information content (AvgIpc) is 2.83. The van der Waals surface area contributed by atoms with E-state index in [1.54, 1.807) is 0 Å². The van der Waals surface area contributed by atoms with Crippen molar-refractivity contribution < 1.29 is 0 Å². The van der Waals surface area contributed by atoms with Crippen molar-refractivity contribution in [1.29, 1.82) is 0 Å². The minimum absolute atomic E-state index is 0.720. The Labute approximate surface area is 130 Å². The van der Waals surface area contributed by atoms with Crippen LogP contribution in [0.1, 0.15) is 89.3 Å². The fourth-order valence-electron chi connectivity index (χ4n) is 2.56. The molecule has 1 rings (SSSR count). The number of hydrogen-bond donors (Lipinski definition) is 0. The number of thiazole rings is 1. The molecule has 0 radical (unpaired) electrons. The Morgan fingerprint density at radius 2 is 1.55 bits per heavy atom. The van der Waals surface area contributed by atoms with E-state index < -0.39 is 0 Å². The normalized spacial score (nSPS) is 11.4. The van der Waals surface area contributed by atoms with Gasteiger partial charge < -0.3 is 0 Å². The molecule has 0 aliphatic rings. The lowest BCUT2D eigenvalue weighted by atomic mass is 10.1. The maximum absolute atomic E-state index is 4.74. The summed E-state index contributed by atoms with van der Waals surface area (Å²) >= 11 is 1.86. The quantitative estimate of drug-likeness (QED) is 0.406. The molecule has 0 bridgehead atoms. The van der Waals surface area contributed by atoms with Crippen molar-refractivity contribution in [1.82, 2.24) is 4.98 Å². The first-order valence-electron chi connectivity index (χ1n) is 8.65. The molecule has 0 saturated carbocycles. The summed E-state index contributed by atoms with van der Waals surface area (Å²) in [4.78, 5) is 4.74. The Balaban J connectivity index is 1.97. The van der Waals surface area contributed by atoms with Gasteiger partial charge in [-0.05, 0) is 25.2 Å². The molecular weight excluding hydrogens is 262 g/mol. The first-order chi connectivity index (χ1) is 9.72. The van der Waals surface area contributed by atoms with Crippen LogP contribution >= 0.6 is 11.3 Å². The molecule has 0 aliphatic carbocycles. The summed E-state index contributed by atoms with van der Waals surface area (Å²) in [5.74, 6) is 0.720. The summed E-state index contributed by atoms with van der Waals surface area (Å²) in [5, 5.41) is 3.60. The van der Waals surface area contributed by atoms with E-state index in [1.807, 2.05) is 11.3 Å². The van der Waals surface area contributed by atoms with E-state index in [9.17, 15) is 0 Å². The summed E-state index contributed by atoms with van der Waals surface area (Å²) in [7, 11) is 0. The maximum Gasteiger partial charge on any atom is 0.0928 e. The van der Waals surface area contributed by atoms with Gasteiger partial charge in [0.2, 0.25) is 0 Å². The minimum atomic E-state index is 0.720. The van der Waals surface area contributed by atoms with E-state index in [0.717, 1.165) is 12.3 Å². The average molecular weight is 296 g/mol. The maximum atomic E-state index is 4.74. The highest BCUT2D eigenvalue weighted by Gasteiger charge is 2.04. The standard InChI is InChI=1S/C18H33NS/c1-4-5-6-7-8-9-10-11-12-13-18-19-17(15-20-18)14-16(2)3/h15-16H,4-14H2,1-3H3. The molecule has 1 aromatic rings. The van der Waals surface area contributed by atoms with Crippen LogP contribution in [0.5, 0.6) is 0 Å². The topological polar surface area (TPSA) is 12.9 Å². The summed E-state index contributed by atoms with van der Waals surface area (Å²) in [6.45, 7) is 6.81. The Morgan fingerprint density at radius 3 is 2.15 bits per heavy atom. The van der Waals surface area contributed by atoms with Gasteiger partial charge in [-0.2, -0.15) is 0 Å². The van der Waals surface area contributed by atoms with E-state index in [2.05, 4.69) is 26.2 Å². The molecule has 116 valence electrons. The molecule has 0 unspecified atom stereocenters. The van der Waals surface area contributed by atoms with Crippen LogP contribution in [-0.4, -0.2) is 4.98 Å². The smallest absolute Gasteiger partial charge is 0.0928 e. The molecule has 0 spiro atoms. The summed E-state index contributed by atoms with van der Waals surface area (Å²) in [6.07, 6.45) is 15.0. The number of aromatic nitrogens is 1. The second-order valence-corrected chi connectivity index (χ2v) is 7.35. The predicted molar refractivity (Wildman–Crippen MR) is 91.6 cm³/mol. The predicted octanol–water partition coefficient (Wildman–Crippen LogP) is 6.41. The number of hydrogen-bond acceptors (Lipinski definition) is 2. The van der Waals surface area contributed by atoms with Gasteiger partial charge in [-0.25, -0.2) is 4.98 Å². The summed E-state index contributed by atoms with van der Waals surface area (Å²) < 4.78 is 0. The van der Waals surface area contributed by atoms with Gasteiger partial charge in [0.15, 0.2) is 0 Å². The third kappa shape index (κ3) is 8.73. The summed E-state index contributed by atoms with van der Waals surface area (Å²) in [5.41, 5.74) is 1.30. The van der Waals surface area contributed by atoms with E-state index in [4.69, 9.17) is 4.98 Å². The Hall–Kier alpha value is -0.370. The Bertz CT molecular complexity index is 330. The van der Waals surface area contributed by atoms with E-state index in [0.29, 0.717) is 0 Å². The van der Waals surface area contributed by atoms with E-state index in [1.165, 1.54) is 74.9 Å². The monoisotopic (exact) mass is 295 g/mol. The molecule has 0 fully saturated rings. The van der Waals surface area contributed by atoms with Crippen LogP contribution < -0.4 is 0 Å². The molecule has 0 aromatic carbocycles. The van der Waals surface area contributed by atoms with Gasteiger partial charge in [-0.1, -0.05) is 72.1 Å². The van der Waals surface area contributed by atoms with Gasteiger partial charge in [-0.3, -0.25) is 0 Å². The molecular formula is C18H33NS. The van der Waals surface area contributed by atoms with E-state index in [-0.39, 0.29) is 0 Å². The Morgan fingerprint density at radius 1 is 0.950 bits per heavy atom. The summed E-state index contributed by atoms with van der Waals surface area (Å²) in [6, 6.07) is 0. The highest BCUT2D eigenvalue weighted by atomic mass is 32.1. The lowest BCUT2D eigenvalue weighted by Gasteiger charge is -2.01. The molecule has 0 saturated heterocycles. The molecule has 0 N–H and O–H groups in total. The zero-order valence-corrected chi connectivity index (χ0v) is 14.6. The van der Waals surface area contributed by atoms with Crippen LogP contribution in [0.2, 0.25) is 0 Å². The fourth-order valence-corrected chi connectivity index (χ4v) is 3.42. The largest absolute Gasteiger partial charge is 0.246 e. The second-order valence-electron chi connectivity index (χ2n) is 6.41. The number of nitrogens with zero attached hydrogens (tertiary/aromatic N) is 1. The van der Waals surface area contributed by atoms with Crippen LogP contribution in [0.3, 0.4) is 0 Å². The number of unbranched alkanes of at least 4 members (excludes halogenated alkanes) is 8. The fraction of sp³-hybridized carbons (Fsp3) is 0.833. The molecule has 0 aliphatic heterocycles. The van der Waals surface area contributed by atoms with Crippen LogP contribution in [0, 0.1) is 5.92 Å². The first-order valence-corrected chi connectivity index (χ1v) is 9.53. The lowest BCUT2D eigenvalue weighted by Crippen LogP contribution is -1.94. The number of rotatable bonds is 12. The first kappa shape index (κ1) is 17.7. The van der Waals surface area contributed by atoms with Crippen molar-refractivity contribution in [2.45, 2.75) is 91.4 Å². The van der Waals surface area contributed by atoms with Gasteiger partial charge in [0.05, 0.1) is 10.7 Å². The third-order valence-electron chi connectivity index (χ3n) is 3.71. The van der Waals surface area contributed by atoms with Crippen LogP contribution in [0.4, 0.5) is 0 Å². The minimum Gasteiger partial charge on any atom is -0.246 e. The zero-order valence-electron chi connectivity index (χ0n) is 13.8. The second kappa shape index (κ2) is 11.3. The van der Waals surface area contributed by atoms with Gasteiger partial charge in [0.25, 0.3) is 0 Å². The van der Waals surface area contributed by atoms with Crippen molar-refractivity contribution in [2.24, 2.45) is 5.92 Å². The molecule has 1 heterocycles. The van der Waals surface area contributed by atoms with Gasteiger partial charge in [0, 0.05) is 5.38 Å². The van der Waals surface area contributed by atoms with Gasteiger partial charge in [-0.15, -0.1) is 11.3 Å². The van der Waals surface area contributed by atoms with Crippen LogP contribution in [-0.2, 0) is 12.8 Å². The van der Waals surface area contributed by atoms with Crippen molar-refractivity contribution in [3.8, 4) is 0 Å². The molecule has 1 nitrogen and oxygen atoms in total. The van der Waals surface area contributed by atoms with Crippen molar-refractivity contribution in [3.05, 3.63) is 16.1 Å². The third-order valence-corrected chi connectivity index (χ3v) is 4.67. The zero-order chi connectivity index (χ0) is 14.6. The van der Waals surface area contributed by atoms with E-state index >= 15 is 0 Å². The van der Waals surface area contributed by atoms with Gasteiger partial charge in [0.1, 0.15) is 0 Å². The van der Waals surface area contributed by atoms with Crippen molar-refractivity contribution in [3.63, 3.8) is 0 Å².